The summed E-state index contributed by atoms with van der Waals surface area (Å²) in [6, 6.07) is 0. The van der Waals surface area contributed by atoms with Gasteiger partial charge in [0.15, 0.2) is 0 Å². The molecule has 64 valence electrons. The maximum Gasteiger partial charge on any atom is 2.00 e. The Kier molecular flexibility index (Phi) is 35.8. The molecule has 0 aliphatic rings. The van der Waals surface area contributed by atoms with Crippen LogP contribution in [0.2, 0.25) is 0 Å². The molecule has 0 bridgehead atoms. The molecule has 0 aromatic heterocycles. The first-order valence-electron chi connectivity index (χ1n) is 4.09. The van der Waals surface area contributed by atoms with Crippen LogP contribution in [0.4, 0.5) is 0 Å². The first-order valence-corrected chi connectivity index (χ1v) is 4.09. The molecule has 0 aromatic carbocycles. The van der Waals surface area contributed by atoms with Crippen LogP contribution >= 0.6 is 0 Å². The molecule has 0 saturated carbocycles. The van der Waals surface area contributed by atoms with Crippen LogP contribution in [0.15, 0.2) is 0 Å². The molecule has 0 spiro atoms. The van der Waals surface area contributed by atoms with Crippen LogP contribution in [0.1, 0.15) is 27.7 Å². The summed E-state index contributed by atoms with van der Waals surface area (Å²) in [5.74, 6) is 0. The van der Waals surface area contributed by atoms with Gasteiger partial charge in [-0.3, -0.25) is 0 Å². The van der Waals surface area contributed by atoms with Gasteiger partial charge >= 0.3 is 19.5 Å². The third-order valence-electron chi connectivity index (χ3n) is 0.894. The van der Waals surface area contributed by atoms with E-state index in [9.17, 15) is 0 Å². The van der Waals surface area contributed by atoms with Gasteiger partial charge < -0.3 is 10.6 Å². The summed E-state index contributed by atoms with van der Waals surface area (Å²) in [7, 11) is 0. The summed E-state index contributed by atoms with van der Waals surface area (Å²) < 4.78 is 0. The van der Waals surface area contributed by atoms with E-state index in [4.69, 9.17) is 0 Å². The molecule has 0 unspecified atom stereocenters. The molecular formula is C8H20N2Zn. The average Bonchev–Trinajstić information content (AvgIpc) is 1.93. The standard InChI is InChI=1S/2C4H10N.Zn/c2*1-3-5-4-2;/h2*3-4H2,1-2H3;/q2*-1;+2. The van der Waals surface area contributed by atoms with Crippen LogP contribution < -0.4 is 0 Å². The van der Waals surface area contributed by atoms with Crippen LogP contribution in [-0.2, 0) is 19.5 Å². The van der Waals surface area contributed by atoms with Crippen molar-refractivity contribution in [3.63, 3.8) is 0 Å². The Morgan fingerprint density at radius 2 is 0.818 bits per heavy atom. The van der Waals surface area contributed by atoms with Crippen molar-refractivity contribution < 1.29 is 19.5 Å². The van der Waals surface area contributed by atoms with E-state index in [0.29, 0.717) is 0 Å². The molecule has 0 aliphatic carbocycles. The summed E-state index contributed by atoms with van der Waals surface area (Å²) in [5.41, 5.74) is 0. The fourth-order valence-corrected chi connectivity index (χ4v) is 0.447. The largest absolute Gasteiger partial charge is 2.00 e. The normalized spacial score (nSPS) is 7.64. The molecule has 0 atom stereocenters. The zero-order chi connectivity index (χ0) is 8.24. The second-order valence-electron chi connectivity index (χ2n) is 1.71. The van der Waals surface area contributed by atoms with Crippen LogP contribution in [0, 0.1) is 0 Å². The number of rotatable bonds is 4. The first-order chi connectivity index (χ1) is 4.83. The van der Waals surface area contributed by atoms with Gasteiger partial charge in [0.1, 0.15) is 0 Å². The maximum atomic E-state index is 3.97. The van der Waals surface area contributed by atoms with Crippen LogP contribution in [0.5, 0.6) is 0 Å². The van der Waals surface area contributed by atoms with Crippen molar-refractivity contribution in [3.8, 4) is 0 Å². The van der Waals surface area contributed by atoms with Crippen molar-refractivity contribution >= 4 is 0 Å². The van der Waals surface area contributed by atoms with Crippen molar-refractivity contribution in [1.82, 2.24) is 0 Å². The second kappa shape index (κ2) is 22.4. The molecule has 11 heavy (non-hydrogen) atoms. The SMILES string of the molecule is CC[N-]CC.CC[N-]CC.[Zn+2]. The molecule has 0 aliphatic heterocycles. The van der Waals surface area contributed by atoms with E-state index in [1.54, 1.807) is 0 Å². The van der Waals surface area contributed by atoms with Crippen LogP contribution in [0.3, 0.4) is 0 Å². The summed E-state index contributed by atoms with van der Waals surface area (Å²) in [6.07, 6.45) is 0. The Bertz CT molecular complexity index is 33.1. The van der Waals surface area contributed by atoms with Crippen LogP contribution in [0.25, 0.3) is 10.6 Å². The molecule has 0 N–H and O–H groups in total. The van der Waals surface area contributed by atoms with Crippen molar-refractivity contribution in [3.05, 3.63) is 10.6 Å². The Morgan fingerprint density at radius 1 is 0.636 bits per heavy atom. The molecular weight excluding hydrogens is 189 g/mol. The van der Waals surface area contributed by atoms with Gasteiger partial charge in [0.2, 0.25) is 0 Å². The predicted octanol–water partition coefficient (Wildman–Crippen LogP) is 2.80. The van der Waals surface area contributed by atoms with Gasteiger partial charge in [-0.1, -0.05) is 27.7 Å². The van der Waals surface area contributed by atoms with E-state index in [1.165, 1.54) is 0 Å². The van der Waals surface area contributed by atoms with Crippen molar-refractivity contribution in [2.75, 3.05) is 26.2 Å². The fraction of sp³-hybridized carbons (Fsp3) is 1.00. The van der Waals surface area contributed by atoms with Crippen molar-refractivity contribution in [2.45, 2.75) is 27.7 Å². The molecule has 3 heteroatoms. The van der Waals surface area contributed by atoms with E-state index < -0.39 is 0 Å². The first kappa shape index (κ1) is 17.6. The average molecular weight is 210 g/mol. The zero-order valence-corrected chi connectivity index (χ0v) is 11.4. The monoisotopic (exact) mass is 208 g/mol. The van der Waals surface area contributed by atoms with Gasteiger partial charge in [-0.15, -0.1) is 0 Å². The van der Waals surface area contributed by atoms with Gasteiger partial charge in [0.05, 0.1) is 0 Å². The second-order valence-corrected chi connectivity index (χ2v) is 1.71. The Labute approximate surface area is 84.3 Å². The van der Waals surface area contributed by atoms with Gasteiger partial charge in [-0.05, 0) is 0 Å². The van der Waals surface area contributed by atoms with E-state index in [-0.39, 0.29) is 19.5 Å². The topological polar surface area (TPSA) is 28.2 Å². The molecule has 0 aromatic rings. The fourth-order valence-electron chi connectivity index (χ4n) is 0.447. The Morgan fingerprint density at radius 3 is 0.818 bits per heavy atom. The third-order valence-corrected chi connectivity index (χ3v) is 0.894. The van der Waals surface area contributed by atoms with E-state index in [0.717, 1.165) is 26.2 Å². The number of nitrogens with zero attached hydrogens (tertiary/aromatic N) is 2. The quantitative estimate of drug-likeness (QED) is 0.637. The number of hydrogen-bond donors (Lipinski definition) is 0. The zero-order valence-electron chi connectivity index (χ0n) is 8.43. The van der Waals surface area contributed by atoms with E-state index in [2.05, 4.69) is 10.6 Å². The van der Waals surface area contributed by atoms with Crippen LogP contribution in [-0.4, -0.2) is 26.2 Å². The molecule has 0 radical (unpaired) electrons. The third kappa shape index (κ3) is 37.3. The van der Waals surface area contributed by atoms with E-state index in [1.807, 2.05) is 27.7 Å². The maximum absolute atomic E-state index is 3.97. The molecule has 0 saturated heterocycles. The minimum atomic E-state index is 0. The van der Waals surface area contributed by atoms with Gasteiger partial charge in [0.25, 0.3) is 0 Å². The smallest absolute Gasteiger partial charge is 0.663 e. The molecule has 2 nitrogen and oxygen atoms in total. The van der Waals surface area contributed by atoms with Crippen molar-refractivity contribution in [2.24, 2.45) is 0 Å². The van der Waals surface area contributed by atoms with E-state index >= 15 is 0 Å². The molecule has 0 amide bonds. The van der Waals surface area contributed by atoms with Gasteiger partial charge in [0, 0.05) is 0 Å². The summed E-state index contributed by atoms with van der Waals surface area (Å²) in [5, 5.41) is 7.94. The molecule has 0 fully saturated rings. The summed E-state index contributed by atoms with van der Waals surface area (Å²) in [4.78, 5) is 0. The minimum Gasteiger partial charge on any atom is -0.663 e. The van der Waals surface area contributed by atoms with Crippen molar-refractivity contribution in [1.29, 1.82) is 0 Å². The summed E-state index contributed by atoms with van der Waals surface area (Å²) >= 11 is 0. The summed E-state index contributed by atoms with van der Waals surface area (Å²) in [6.45, 7) is 12.1. The number of hydrogen-bond acceptors (Lipinski definition) is 0. The molecule has 0 rings (SSSR count). The van der Waals surface area contributed by atoms with Gasteiger partial charge in [-0.2, -0.15) is 26.2 Å². The Balaban J connectivity index is -0.000000107. The predicted molar refractivity (Wildman–Crippen MR) is 48.9 cm³/mol. The van der Waals surface area contributed by atoms with Gasteiger partial charge in [-0.25, -0.2) is 0 Å². The minimum absolute atomic E-state index is 0. The molecule has 0 heterocycles. The Hall–Kier alpha value is 0.543.